The van der Waals surface area contributed by atoms with Crippen molar-refractivity contribution in [1.82, 2.24) is 0 Å². The van der Waals surface area contributed by atoms with Crippen LogP contribution >= 0.6 is 0 Å². The van der Waals surface area contributed by atoms with Gasteiger partial charge in [-0.05, 0) is 12.1 Å². The van der Waals surface area contributed by atoms with Crippen LogP contribution < -0.4 is 4.74 Å². The summed E-state index contributed by atoms with van der Waals surface area (Å²) in [7, 11) is 1.60. The molecule has 0 aromatic heterocycles. The summed E-state index contributed by atoms with van der Waals surface area (Å²) >= 11 is 0. The lowest BCUT2D eigenvalue weighted by Crippen LogP contribution is -1.87. The van der Waals surface area contributed by atoms with Crippen molar-refractivity contribution in [2.24, 2.45) is 5.16 Å². The summed E-state index contributed by atoms with van der Waals surface area (Å²) in [6.07, 6.45) is 7.65. The average molecular weight is 188 g/mol. The summed E-state index contributed by atoms with van der Waals surface area (Å²) in [6, 6.07) is 7.32. The number of methoxy groups -OCH3 is 1. The van der Waals surface area contributed by atoms with E-state index in [0.29, 0.717) is 0 Å². The standard InChI is InChI=1S/C11H10NO2/c1-3-7-14-12-9-10-5-4-6-11(8-10)13-2/h1,4-6,8H,7H2,2H3. The van der Waals surface area contributed by atoms with Crippen LogP contribution in [0.25, 0.3) is 0 Å². The first-order chi connectivity index (χ1) is 6.86. The van der Waals surface area contributed by atoms with Crippen molar-refractivity contribution < 1.29 is 9.57 Å². The minimum atomic E-state index is 0.150. The number of rotatable bonds is 4. The minimum absolute atomic E-state index is 0.150. The van der Waals surface area contributed by atoms with Gasteiger partial charge >= 0.3 is 0 Å². The summed E-state index contributed by atoms with van der Waals surface area (Å²) in [5, 5.41) is 3.56. The zero-order valence-corrected chi connectivity index (χ0v) is 7.86. The lowest BCUT2D eigenvalue weighted by atomic mass is 10.2. The smallest absolute Gasteiger partial charge is 0.177 e. The average Bonchev–Trinajstić information content (AvgIpc) is 2.25. The molecule has 0 atom stereocenters. The predicted molar refractivity (Wildman–Crippen MR) is 54.3 cm³/mol. The van der Waals surface area contributed by atoms with Crippen LogP contribution in [0.15, 0.2) is 29.4 Å². The van der Waals surface area contributed by atoms with Crippen LogP contribution in [0.3, 0.4) is 0 Å². The van der Waals surface area contributed by atoms with E-state index in [2.05, 4.69) is 17.3 Å². The molecule has 0 heterocycles. The fraction of sp³-hybridized carbons (Fsp3) is 0.182. The van der Waals surface area contributed by atoms with Crippen molar-refractivity contribution in [2.75, 3.05) is 13.7 Å². The molecule has 3 nitrogen and oxygen atoms in total. The van der Waals surface area contributed by atoms with E-state index >= 15 is 0 Å². The number of ether oxygens (including phenoxy) is 1. The van der Waals surface area contributed by atoms with Gasteiger partial charge in [-0.3, -0.25) is 0 Å². The first-order valence-corrected chi connectivity index (χ1v) is 4.02. The number of hydrogen-bond acceptors (Lipinski definition) is 3. The highest BCUT2D eigenvalue weighted by Crippen LogP contribution is 2.10. The summed E-state index contributed by atoms with van der Waals surface area (Å²) < 4.78 is 5.03. The molecule has 71 valence electrons. The lowest BCUT2D eigenvalue weighted by molar-refractivity contribution is 0.181. The molecule has 1 rings (SSSR count). The van der Waals surface area contributed by atoms with Crippen molar-refractivity contribution in [3.05, 3.63) is 29.8 Å². The molecule has 0 bridgehead atoms. The molecule has 0 saturated carbocycles. The molecule has 0 fully saturated rings. The number of terminal acetylenes is 1. The maximum absolute atomic E-state index is 5.03. The van der Waals surface area contributed by atoms with Gasteiger partial charge in [0, 0.05) is 5.56 Å². The second-order valence-electron chi connectivity index (χ2n) is 2.41. The number of nitrogens with zero attached hydrogens (tertiary/aromatic N) is 1. The van der Waals surface area contributed by atoms with E-state index < -0.39 is 0 Å². The third-order valence-corrected chi connectivity index (χ3v) is 1.46. The Morgan fingerprint density at radius 2 is 2.36 bits per heavy atom. The van der Waals surface area contributed by atoms with Gasteiger partial charge in [-0.15, -0.1) is 6.42 Å². The summed E-state index contributed by atoms with van der Waals surface area (Å²) in [4.78, 5) is 4.70. The fourth-order valence-corrected chi connectivity index (χ4v) is 0.847. The molecule has 0 unspecified atom stereocenters. The molecule has 0 N–H and O–H groups in total. The quantitative estimate of drug-likeness (QED) is 0.310. The fourth-order valence-electron chi connectivity index (χ4n) is 0.847. The van der Waals surface area contributed by atoms with Crippen LogP contribution in [0, 0.1) is 12.3 Å². The monoisotopic (exact) mass is 188 g/mol. The Bertz CT molecular complexity index is 353. The molecule has 3 heteroatoms. The maximum Gasteiger partial charge on any atom is 0.177 e. The van der Waals surface area contributed by atoms with E-state index in [1.165, 1.54) is 0 Å². The number of hydrogen-bond donors (Lipinski definition) is 0. The van der Waals surface area contributed by atoms with Gasteiger partial charge in [-0.1, -0.05) is 23.2 Å². The Morgan fingerprint density at radius 3 is 3.07 bits per heavy atom. The van der Waals surface area contributed by atoms with Gasteiger partial charge in [-0.25, -0.2) is 0 Å². The van der Waals surface area contributed by atoms with E-state index in [4.69, 9.17) is 16.0 Å². The molecule has 0 aliphatic rings. The van der Waals surface area contributed by atoms with Gasteiger partial charge in [0.25, 0.3) is 0 Å². The van der Waals surface area contributed by atoms with E-state index in [1.807, 2.05) is 18.2 Å². The molecule has 1 radical (unpaired) electrons. The maximum atomic E-state index is 5.03. The van der Waals surface area contributed by atoms with Crippen molar-refractivity contribution >= 4 is 6.21 Å². The van der Waals surface area contributed by atoms with Crippen LogP contribution in [0.5, 0.6) is 5.75 Å². The Kier molecular flexibility index (Phi) is 4.09. The second kappa shape index (κ2) is 5.65. The van der Waals surface area contributed by atoms with Crippen molar-refractivity contribution in [1.29, 1.82) is 0 Å². The molecule has 0 saturated heterocycles. The zero-order chi connectivity index (χ0) is 10.2. The minimum Gasteiger partial charge on any atom is -0.497 e. The highest BCUT2D eigenvalue weighted by molar-refractivity contribution is 5.79. The summed E-state index contributed by atoms with van der Waals surface area (Å²) in [5.41, 5.74) is 0.779. The SMILES string of the molecule is C#CCON=[C]c1cccc(OC)c1. The molecule has 14 heavy (non-hydrogen) atoms. The Morgan fingerprint density at radius 1 is 1.50 bits per heavy atom. The topological polar surface area (TPSA) is 30.8 Å². The summed E-state index contributed by atoms with van der Waals surface area (Å²) in [5.74, 6) is 3.05. The van der Waals surface area contributed by atoms with Gasteiger partial charge in [-0.2, -0.15) is 0 Å². The molecule has 0 spiro atoms. The van der Waals surface area contributed by atoms with Crippen LogP contribution in [0.4, 0.5) is 0 Å². The predicted octanol–water partition coefficient (Wildman–Crippen LogP) is 1.56. The molecule has 0 amide bonds. The van der Waals surface area contributed by atoms with Crippen LogP contribution in [0.2, 0.25) is 0 Å². The lowest BCUT2D eigenvalue weighted by Gasteiger charge is -1.98. The molecule has 0 aliphatic carbocycles. The Hall–Kier alpha value is -1.95. The third kappa shape index (κ3) is 3.20. The first kappa shape index (κ1) is 10.1. The van der Waals surface area contributed by atoms with Crippen molar-refractivity contribution in [3.8, 4) is 18.1 Å². The van der Waals surface area contributed by atoms with E-state index in [-0.39, 0.29) is 6.61 Å². The highest BCUT2D eigenvalue weighted by Gasteiger charge is 1.92. The molecular weight excluding hydrogens is 178 g/mol. The number of benzene rings is 1. The van der Waals surface area contributed by atoms with Gasteiger partial charge in [0.05, 0.1) is 7.11 Å². The largest absolute Gasteiger partial charge is 0.497 e. The summed E-state index contributed by atoms with van der Waals surface area (Å²) in [6.45, 7) is 0.150. The van der Waals surface area contributed by atoms with Crippen LogP contribution in [-0.2, 0) is 4.84 Å². The van der Waals surface area contributed by atoms with Crippen molar-refractivity contribution in [3.63, 3.8) is 0 Å². The molecular formula is C11H10NO2. The molecule has 0 aliphatic heterocycles. The molecule has 1 aromatic rings. The first-order valence-electron chi connectivity index (χ1n) is 4.02. The second-order valence-corrected chi connectivity index (χ2v) is 2.41. The Labute approximate surface area is 83.3 Å². The van der Waals surface area contributed by atoms with Gasteiger partial charge in [0.2, 0.25) is 0 Å². The van der Waals surface area contributed by atoms with Gasteiger partial charge in [0.15, 0.2) is 6.61 Å². The van der Waals surface area contributed by atoms with E-state index in [0.717, 1.165) is 11.3 Å². The van der Waals surface area contributed by atoms with Gasteiger partial charge in [0.1, 0.15) is 12.0 Å². The van der Waals surface area contributed by atoms with Crippen molar-refractivity contribution in [2.45, 2.75) is 0 Å². The zero-order valence-electron chi connectivity index (χ0n) is 7.86. The van der Waals surface area contributed by atoms with E-state index in [9.17, 15) is 0 Å². The Balaban J connectivity index is 2.58. The van der Waals surface area contributed by atoms with Crippen LogP contribution in [0.1, 0.15) is 5.56 Å². The van der Waals surface area contributed by atoms with Gasteiger partial charge < -0.3 is 9.57 Å². The highest BCUT2D eigenvalue weighted by atomic mass is 16.6. The van der Waals surface area contributed by atoms with Crippen LogP contribution in [-0.4, -0.2) is 19.9 Å². The molecule has 1 aromatic carbocycles. The third-order valence-electron chi connectivity index (χ3n) is 1.46. The normalized spacial score (nSPS) is 9.71. The van der Waals surface area contributed by atoms with E-state index in [1.54, 1.807) is 13.2 Å².